The summed E-state index contributed by atoms with van der Waals surface area (Å²) >= 11 is 0. The fourth-order valence-corrected chi connectivity index (χ4v) is 2.47. The van der Waals surface area contributed by atoms with E-state index in [2.05, 4.69) is 5.32 Å². The third-order valence-electron chi connectivity index (χ3n) is 3.47. The van der Waals surface area contributed by atoms with E-state index >= 15 is 0 Å². The number of ether oxygens (including phenoxy) is 1. The summed E-state index contributed by atoms with van der Waals surface area (Å²) in [5, 5.41) is 13.0. The maximum absolute atomic E-state index is 13.8. The van der Waals surface area contributed by atoms with Gasteiger partial charge in [-0.25, -0.2) is 4.39 Å². The Hall–Kier alpha value is -1.62. The highest BCUT2D eigenvalue weighted by atomic mass is 19.1. The fraction of sp³-hybridized carbons (Fsp3) is 0.533. The number of benzene rings is 1. The lowest BCUT2D eigenvalue weighted by atomic mass is 9.91. The lowest BCUT2D eigenvalue weighted by Crippen LogP contribution is -2.31. The summed E-state index contributed by atoms with van der Waals surface area (Å²) < 4.78 is 19.4. The van der Waals surface area contributed by atoms with Crippen molar-refractivity contribution in [3.63, 3.8) is 0 Å². The second-order valence-electron chi connectivity index (χ2n) is 5.49. The molecule has 0 aliphatic carbocycles. The molecule has 1 aromatic rings. The first-order valence-corrected chi connectivity index (χ1v) is 6.81. The first-order valence-electron chi connectivity index (χ1n) is 6.81. The van der Waals surface area contributed by atoms with E-state index in [-0.39, 0.29) is 17.9 Å². The van der Waals surface area contributed by atoms with Crippen LogP contribution >= 0.6 is 0 Å². The van der Waals surface area contributed by atoms with E-state index < -0.39 is 11.9 Å². The van der Waals surface area contributed by atoms with Crippen LogP contribution in [0.5, 0.6) is 5.75 Å². The van der Waals surface area contributed by atoms with Gasteiger partial charge in [0.05, 0.1) is 18.8 Å². The molecule has 0 spiro atoms. The third kappa shape index (κ3) is 2.93. The molecule has 2 rings (SSSR count). The molecule has 1 aromatic carbocycles. The van der Waals surface area contributed by atoms with Crippen LogP contribution < -0.4 is 10.1 Å². The second kappa shape index (κ2) is 5.79. The summed E-state index contributed by atoms with van der Waals surface area (Å²) in [6.45, 7) is 5.58. The lowest BCUT2D eigenvalue weighted by molar-refractivity contribution is -0.119. The smallest absolute Gasteiger partial charge is 0.217 e. The van der Waals surface area contributed by atoms with Gasteiger partial charge >= 0.3 is 0 Å². The van der Waals surface area contributed by atoms with Crippen molar-refractivity contribution in [2.45, 2.75) is 39.3 Å². The standard InChI is InChI=1S/C15H20FNO3/c1-8(2)14(19)12-7-10(16)6-11-13(17-9(3)18)4-5-20-15(11)12/h6-8,13-14,19H,4-5H2,1-3H3,(H,17,18). The molecule has 1 aliphatic rings. The van der Waals surface area contributed by atoms with E-state index in [1.54, 1.807) is 0 Å². The van der Waals surface area contributed by atoms with E-state index in [9.17, 15) is 14.3 Å². The van der Waals surface area contributed by atoms with Crippen LogP contribution in [0.15, 0.2) is 12.1 Å². The number of hydrogen-bond donors (Lipinski definition) is 2. The Bertz CT molecular complexity index is 516. The van der Waals surface area contributed by atoms with Gasteiger partial charge in [-0.2, -0.15) is 0 Å². The summed E-state index contributed by atoms with van der Waals surface area (Å²) in [5.74, 6) is -0.152. The normalized spacial score (nSPS) is 19.2. The Morgan fingerprint density at radius 3 is 2.80 bits per heavy atom. The summed E-state index contributed by atoms with van der Waals surface area (Å²) in [5.41, 5.74) is 1.05. The van der Waals surface area contributed by atoms with Crippen LogP contribution in [0, 0.1) is 11.7 Å². The number of rotatable bonds is 3. The number of hydrogen-bond acceptors (Lipinski definition) is 3. The number of aliphatic hydroxyl groups is 1. The number of halogens is 1. The topological polar surface area (TPSA) is 58.6 Å². The predicted octanol–water partition coefficient (Wildman–Crippen LogP) is 2.47. The molecule has 1 heterocycles. The maximum atomic E-state index is 13.8. The van der Waals surface area contributed by atoms with E-state index in [4.69, 9.17) is 4.74 Å². The van der Waals surface area contributed by atoms with Crippen LogP contribution in [0.1, 0.15) is 50.5 Å². The van der Waals surface area contributed by atoms with Crippen molar-refractivity contribution >= 4 is 5.91 Å². The molecule has 0 bridgehead atoms. The Balaban J connectivity index is 2.47. The van der Waals surface area contributed by atoms with Crippen molar-refractivity contribution in [2.75, 3.05) is 6.61 Å². The molecule has 5 heteroatoms. The third-order valence-corrected chi connectivity index (χ3v) is 3.47. The van der Waals surface area contributed by atoms with Crippen molar-refractivity contribution < 1.29 is 19.0 Å². The number of carbonyl (C=O) groups excluding carboxylic acids is 1. The zero-order chi connectivity index (χ0) is 14.9. The first kappa shape index (κ1) is 14.8. The minimum absolute atomic E-state index is 0.0503. The number of nitrogens with one attached hydrogen (secondary N) is 1. The van der Waals surface area contributed by atoms with Gasteiger partial charge in [-0.15, -0.1) is 0 Å². The average Bonchev–Trinajstić information content (AvgIpc) is 2.37. The van der Waals surface area contributed by atoms with Crippen LogP contribution in [-0.4, -0.2) is 17.6 Å². The SMILES string of the molecule is CC(=O)NC1CCOc2c1cc(F)cc2C(O)C(C)C. The molecule has 1 aliphatic heterocycles. The van der Waals surface area contributed by atoms with Crippen LogP contribution in [-0.2, 0) is 4.79 Å². The summed E-state index contributed by atoms with van der Waals surface area (Å²) in [6.07, 6.45) is -0.205. The Morgan fingerprint density at radius 2 is 2.20 bits per heavy atom. The fourth-order valence-electron chi connectivity index (χ4n) is 2.47. The summed E-state index contributed by atoms with van der Waals surface area (Å²) in [6, 6.07) is 2.40. The summed E-state index contributed by atoms with van der Waals surface area (Å²) in [7, 11) is 0. The van der Waals surface area contributed by atoms with Crippen molar-refractivity contribution in [2.24, 2.45) is 5.92 Å². The number of fused-ring (bicyclic) bond motifs is 1. The van der Waals surface area contributed by atoms with Crippen LogP contribution in [0.4, 0.5) is 4.39 Å². The molecule has 0 fully saturated rings. The summed E-state index contributed by atoms with van der Waals surface area (Å²) in [4.78, 5) is 11.2. The quantitative estimate of drug-likeness (QED) is 0.895. The highest BCUT2D eigenvalue weighted by Gasteiger charge is 2.28. The molecule has 2 unspecified atom stereocenters. The van der Waals surface area contributed by atoms with Crippen LogP contribution in [0.2, 0.25) is 0 Å². The molecule has 0 aromatic heterocycles. The monoisotopic (exact) mass is 281 g/mol. The minimum Gasteiger partial charge on any atom is -0.493 e. The van der Waals surface area contributed by atoms with Crippen molar-refractivity contribution in [1.82, 2.24) is 5.32 Å². The molecule has 2 N–H and O–H groups in total. The predicted molar refractivity (Wildman–Crippen MR) is 72.9 cm³/mol. The van der Waals surface area contributed by atoms with E-state index in [1.807, 2.05) is 13.8 Å². The number of carbonyl (C=O) groups is 1. The maximum Gasteiger partial charge on any atom is 0.217 e. The van der Waals surface area contributed by atoms with E-state index in [0.29, 0.717) is 29.9 Å². The molecule has 20 heavy (non-hydrogen) atoms. The Morgan fingerprint density at radius 1 is 1.50 bits per heavy atom. The second-order valence-corrected chi connectivity index (χ2v) is 5.49. The van der Waals surface area contributed by atoms with E-state index in [0.717, 1.165) is 0 Å². The molecular weight excluding hydrogens is 261 g/mol. The Kier molecular flexibility index (Phi) is 4.28. The molecule has 0 saturated carbocycles. The number of amides is 1. The van der Waals surface area contributed by atoms with Crippen molar-refractivity contribution in [3.05, 3.63) is 29.1 Å². The lowest BCUT2D eigenvalue weighted by Gasteiger charge is -2.30. The van der Waals surface area contributed by atoms with Crippen LogP contribution in [0.3, 0.4) is 0 Å². The van der Waals surface area contributed by atoms with Gasteiger partial charge in [-0.1, -0.05) is 13.8 Å². The molecule has 1 amide bonds. The molecular formula is C15H20FNO3. The molecule has 110 valence electrons. The van der Waals surface area contributed by atoms with Crippen LogP contribution in [0.25, 0.3) is 0 Å². The van der Waals surface area contributed by atoms with Gasteiger partial charge in [0.15, 0.2) is 0 Å². The minimum atomic E-state index is -0.796. The van der Waals surface area contributed by atoms with Crippen molar-refractivity contribution in [1.29, 1.82) is 0 Å². The molecule has 0 radical (unpaired) electrons. The van der Waals surface area contributed by atoms with Gasteiger partial charge in [-0.3, -0.25) is 4.79 Å². The number of aliphatic hydroxyl groups excluding tert-OH is 1. The van der Waals surface area contributed by atoms with Gasteiger partial charge in [-0.05, 0) is 18.1 Å². The van der Waals surface area contributed by atoms with E-state index in [1.165, 1.54) is 19.1 Å². The first-order chi connectivity index (χ1) is 9.40. The highest BCUT2D eigenvalue weighted by molar-refractivity contribution is 5.73. The van der Waals surface area contributed by atoms with Gasteiger partial charge in [0, 0.05) is 24.5 Å². The molecule has 4 nitrogen and oxygen atoms in total. The highest BCUT2D eigenvalue weighted by Crippen LogP contribution is 2.40. The zero-order valence-electron chi connectivity index (χ0n) is 11.9. The van der Waals surface area contributed by atoms with Gasteiger partial charge in [0.1, 0.15) is 11.6 Å². The van der Waals surface area contributed by atoms with Gasteiger partial charge < -0.3 is 15.2 Å². The Labute approximate surface area is 117 Å². The van der Waals surface area contributed by atoms with Gasteiger partial charge in [0.25, 0.3) is 0 Å². The van der Waals surface area contributed by atoms with Gasteiger partial charge in [0.2, 0.25) is 5.91 Å². The zero-order valence-corrected chi connectivity index (χ0v) is 11.9. The molecule has 2 atom stereocenters. The average molecular weight is 281 g/mol. The van der Waals surface area contributed by atoms with Crippen molar-refractivity contribution in [3.8, 4) is 5.75 Å². The largest absolute Gasteiger partial charge is 0.493 e. The molecule has 0 saturated heterocycles.